The smallest absolute Gasteiger partial charge is 0.0632 e. The lowest BCUT2D eigenvalue weighted by Gasteiger charge is -2.23. The van der Waals surface area contributed by atoms with Gasteiger partial charge in [-0.1, -0.05) is 6.07 Å². The summed E-state index contributed by atoms with van der Waals surface area (Å²) in [7, 11) is 0. The van der Waals surface area contributed by atoms with Crippen LogP contribution in [0, 0.1) is 0 Å². The molecule has 0 amide bonds. The van der Waals surface area contributed by atoms with Gasteiger partial charge in [-0.2, -0.15) is 0 Å². The normalized spacial score (nSPS) is 20.9. The summed E-state index contributed by atoms with van der Waals surface area (Å²) in [4.78, 5) is 4.28. The molecule has 2 heterocycles. The molecule has 88 valence electrons. The predicted octanol–water partition coefficient (Wildman–Crippen LogP) is 0.202. The van der Waals surface area contributed by atoms with Crippen LogP contribution in [0.5, 0.6) is 0 Å². The van der Waals surface area contributed by atoms with E-state index in [4.69, 9.17) is 4.74 Å². The van der Waals surface area contributed by atoms with E-state index in [1.807, 2.05) is 18.3 Å². The van der Waals surface area contributed by atoms with Gasteiger partial charge < -0.3 is 15.4 Å². The molecule has 0 bridgehead atoms. The van der Waals surface area contributed by atoms with E-state index in [0.29, 0.717) is 6.04 Å². The van der Waals surface area contributed by atoms with Crippen LogP contribution in [0.1, 0.15) is 5.69 Å². The van der Waals surface area contributed by atoms with Gasteiger partial charge in [-0.3, -0.25) is 4.98 Å². The van der Waals surface area contributed by atoms with Crippen LogP contribution in [-0.4, -0.2) is 43.9 Å². The number of hydrogen-bond acceptors (Lipinski definition) is 4. The number of morpholine rings is 1. The molecule has 0 aliphatic carbocycles. The van der Waals surface area contributed by atoms with E-state index in [-0.39, 0.29) is 0 Å². The second-order valence-corrected chi connectivity index (χ2v) is 4.00. The van der Waals surface area contributed by atoms with Crippen LogP contribution in [0.4, 0.5) is 0 Å². The number of hydrogen-bond donors (Lipinski definition) is 2. The molecule has 16 heavy (non-hydrogen) atoms. The highest BCUT2D eigenvalue weighted by atomic mass is 16.5. The van der Waals surface area contributed by atoms with E-state index in [2.05, 4.69) is 21.7 Å². The molecule has 1 saturated heterocycles. The number of pyridine rings is 1. The van der Waals surface area contributed by atoms with Gasteiger partial charge in [0.1, 0.15) is 0 Å². The molecule has 1 unspecified atom stereocenters. The molecule has 1 aliphatic rings. The fraction of sp³-hybridized carbons (Fsp3) is 0.583. The second kappa shape index (κ2) is 6.58. The fourth-order valence-electron chi connectivity index (χ4n) is 1.79. The maximum Gasteiger partial charge on any atom is 0.0632 e. The third-order valence-electron chi connectivity index (χ3n) is 2.67. The van der Waals surface area contributed by atoms with Gasteiger partial charge in [-0.05, 0) is 12.1 Å². The minimum atomic E-state index is 0.456. The lowest BCUT2D eigenvalue weighted by molar-refractivity contribution is 0.0768. The Hall–Kier alpha value is -0.970. The monoisotopic (exact) mass is 221 g/mol. The van der Waals surface area contributed by atoms with Crippen LogP contribution in [0.15, 0.2) is 24.4 Å². The summed E-state index contributed by atoms with van der Waals surface area (Å²) in [5, 5.41) is 6.84. The minimum absolute atomic E-state index is 0.456. The largest absolute Gasteiger partial charge is 0.378 e. The van der Waals surface area contributed by atoms with Crippen molar-refractivity contribution in [2.75, 3.05) is 32.8 Å². The standard InChI is InChI=1S/C12H19N3O/c1-2-5-14-11(3-1)4-6-13-9-12-10-16-8-7-15-12/h1-3,5,12-13,15H,4,6-10H2. The van der Waals surface area contributed by atoms with Crippen molar-refractivity contribution in [1.29, 1.82) is 0 Å². The zero-order valence-electron chi connectivity index (χ0n) is 9.48. The zero-order valence-corrected chi connectivity index (χ0v) is 9.48. The maximum absolute atomic E-state index is 5.38. The molecule has 1 atom stereocenters. The van der Waals surface area contributed by atoms with Crippen molar-refractivity contribution in [2.45, 2.75) is 12.5 Å². The van der Waals surface area contributed by atoms with Gasteiger partial charge in [0, 0.05) is 44.0 Å². The predicted molar refractivity (Wildman–Crippen MR) is 63.4 cm³/mol. The van der Waals surface area contributed by atoms with Crippen molar-refractivity contribution < 1.29 is 4.74 Å². The summed E-state index contributed by atoms with van der Waals surface area (Å²) in [6.45, 7) is 4.55. The minimum Gasteiger partial charge on any atom is -0.378 e. The van der Waals surface area contributed by atoms with E-state index in [1.165, 1.54) is 0 Å². The third kappa shape index (κ3) is 3.89. The van der Waals surface area contributed by atoms with Crippen LogP contribution in [-0.2, 0) is 11.2 Å². The average Bonchev–Trinajstić information content (AvgIpc) is 2.37. The van der Waals surface area contributed by atoms with Gasteiger partial charge in [0.25, 0.3) is 0 Å². The molecule has 0 aromatic carbocycles. The molecule has 1 aromatic rings. The van der Waals surface area contributed by atoms with Crippen LogP contribution < -0.4 is 10.6 Å². The Balaban J connectivity index is 1.58. The summed E-state index contributed by atoms with van der Waals surface area (Å²) in [5.74, 6) is 0. The van der Waals surface area contributed by atoms with Crippen LogP contribution >= 0.6 is 0 Å². The third-order valence-corrected chi connectivity index (χ3v) is 2.67. The highest BCUT2D eigenvalue weighted by molar-refractivity contribution is 5.03. The van der Waals surface area contributed by atoms with Gasteiger partial charge >= 0.3 is 0 Å². The summed E-state index contributed by atoms with van der Waals surface area (Å²) < 4.78 is 5.38. The Morgan fingerprint density at radius 1 is 1.50 bits per heavy atom. The Kier molecular flexibility index (Phi) is 4.73. The zero-order chi connectivity index (χ0) is 11.1. The number of aromatic nitrogens is 1. The lowest BCUT2D eigenvalue weighted by atomic mass is 10.2. The van der Waals surface area contributed by atoms with Gasteiger partial charge in [0.05, 0.1) is 13.2 Å². The van der Waals surface area contributed by atoms with Gasteiger partial charge in [0.15, 0.2) is 0 Å². The molecule has 0 saturated carbocycles. The van der Waals surface area contributed by atoms with Crippen LogP contribution in [0.2, 0.25) is 0 Å². The van der Waals surface area contributed by atoms with Crippen molar-refractivity contribution in [1.82, 2.24) is 15.6 Å². The maximum atomic E-state index is 5.38. The Morgan fingerprint density at radius 3 is 3.25 bits per heavy atom. The molecular weight excluding hydrogens is 202 g/mol. The fourth-order valence-corrected chi connectivity index (χ4v) is 1.79. The van der Waals surface area contributed by atoms with Gasteiger partial charge in [-0.15, -0.1) is 0 Å². The Bertz CT molecular complexity index is 286. The SMILES string of the molecule is c1ccc(CCNCC2COCCN2)nc1. The van der Waals surface area contributed by atoms with Crippen molar-refractivity contribution in [2.24, 2.45) is 0 Å². The number of ether oxygens (including phenoxy) is 1. The first-order valence-electron chi connectivity index (χ1n) is 5.87. The van der Waals surface area contributed by atoms with E-state index in [1.54, 1.807) is 0 Å². The molecule has 0 spiro atoms. The molecule has 0 radical (unpaired) electrons. The molecule has 1 aromatic heterocycles. The first-order chi connectivity index (χ1) is 7.95. The molecule has 4 nitrogen and oxygen atoms in total. The van der Waals surface area contributed by atoms with E-state index < -0.39 is 0 Å². The molecular formula is C12H19N3O. The van der Waals surface area contributed by atoms with Crippen molar-refractivity contribution >= 4 is 0 Å². The van der Waals surface area contributed by atoms with Gasteiger partial charge in [0.2, 0.25) is 0 Å². The molecule has 2 N–H and O–H groups in total. The van der Waals surface area contributed by atoms with Crippen LogP contribution in [0.25, 0.3) is 0 Å². The first-order valence-corrected chi connectivity index (χ1v) is 5.87. The second-order valence-electron chi connectivity index (χ2n) is 4.00. The first kappa shape index (κ1) is 11.5. The Labute approximate surface area is 96.4 Å². The van der Waals surface area contributed by atoms with Gasteiger partial charge in [-0.25, -0.2) is 0 Å². The quantitative estimate of drug-likeness (QED) is 0.697. The lowest BCUT2D eigenvalue weighted by Crippen LogP contribution is -2.47. The summed E-state index contributed by atoms with van der Waals surface area (Å²) in [6, 6.07) is 6.49. The van der Waals surface area contributed by atoms with Crippen molar-refractivity contribution in [3.8, 4) is 0 Å². The summed E-state index contributed by atoms with van der Waals surface area (Å²) >= 11 is 0. The highest BCUT2D eigenvalue weighted by Gasteiger charge is 2.11. The van der Waals surface area contributed by atoms with Crippen molar-refractivity contribution in [3.63, 3.8) is 0 Å². The average molecular weight is 221 g/mol. The van der Waals surface area contributed by atoms with E-state index in [0.717, 1.165) is 45.0 Å². The Morgan fingerprint density at radius 2 is 2.50 bits per heavy atom. The molecule has 1 aliphatic heterocycles. The summed E-state index contributed by atoms with van der Waals surface area (Å²) in [5.41, 5.74) is 1.14. The molecule has 2 rings (SSSR count). The van der Waals surface area contributed by atoms with E-state index >= 15 is 0 Å². The van der Waals surface area contributed by atoms with Crippen molar-refractivity contribution in [3.05, 3.63) is 30.1 Å². The molecule has 1 fully saturated rings. The highest BCUT2D eigenvalue weighted by Crippen LogP contribution is 1.94. The summed E-state index contributed by atoms with van der Waals surface area (Å²) in [6.07, 6.45) is 2.82. The topological polar surface area (TPSA) is 46.2 Å². The van der Waals surface area contributed by atoms with Crippen LogP contribution in [0.3, 0.4) is 0 Å². The van der Waals surface area contributed by atoms with E-state index in [9.17, 15) is 0 Å². The number of nitrogens with one attached hydrogen (secondary N) is 2. The number of rotatable bonds is 5. The molecule has 4 heteroatoms. The number of nitrogens with zero attached hydrogens (tertiary/aromatic N) is 1.